The van der Waals surface area contributed by atoms with Crippen LogP contribution in [0.4, 0.5) is 0 Å². The first-order chi connectivity index (χ1) is 47.4. The summed E-state index contributed by atoms with van der Waals surface area (Å²) in [6.45, 7) is 9.64. The number of esters is 4. The molecule has 98 heavy (non-hydrogen) atoms. The van der Waals surface area contributed by atoms with Crippen molar-refractivity contribution in [3.05, 3.63) is 0 Å². The van der Waals surface area contributed by atoms with Gasteiger partial charge in [-0.1, -0.05) is 363 Å². The number of ether oxygens (including phenoxy) is 4. The average molecular weight is 1440 g/mol. The van der Waals surface area contributed by atoms with Crippen molar-refractivity contribution >= 4 is 39.5 Å². The average Bonchev–Trinajstić information content (AvgIpc) is 1.63. The molecule has 582 valence electrons. The van der Waals surface area contributed by atoms with E-state index in [1.165, 1.54) is 225 Å². The van der Waals surface area contributed by atoms with Crippen molar-refractivity contribution < 1.29 is 80.2 Å². The maximum atomic E-state index is 13.1. The molecule has 0 fully saturated rings. The smallest absolute Gasteiger partial charge is 0.462 e. The van der Waals surface area contributed by atoms with Gasteiger partial charge in [0.15, 0.2) is 12.2 Å². The van der Waals surface area contributed by atoms with Crippen molar-refractivity contribution in [3.8, 4) is 0 Å². The lowest BCUT2D eigenvalue weighted by Gasteiger charge is -2.21. The Hall–Kier alpha value is -1.94. The van der Waals surface area contributed by atoms with Crippen LogP contribution >= 0.6 is 15.6 Å². The second-order valence-electron chi connectivity index (χ2n) is 28.9. The summed E-state index contributed by atoms with van der Waals surface area (Å²) in [5, 5.41) is 10.6. The van der Waals surface area contributed by atoms with Crippen LogP contribution in [0.1, 0.15) is 414 Å². The van der Waals surface area contributed by atoms with Gasteiger partial charge in [0.05, 0.1) is 26.4 Å². The fraction of sp³-hybridized carbons (Fsp3) is 0.949. The van der Waals surface area contributed by atoms with Crippen molar-refractivity contribution in [2.45, 2.75) is 432 Å². The zero-order chi connectivity index (χ0) is 72.1. The molecule has 4 unspecified atom stereocenters. The summed E-state index contributed by atoms with van der Waals surface area (Å²) < 4.78 is 68.6. The molecule has 0 saturated carbocycles. The molecule has 7 atom stereocenters. The number of phosphoric acid groups is 2. The second kappa shape index (κ2) is 70.7. The van der Waals surface area contributed by atoms with Gasteiger partial charge < -0.3 is 33.8 Å². The van der Waals surface area contributed by atoms with Gasteiger partial charge in [0.2, 0.25) is 0 Å². The normalized spacial score (nSPS) is 14.5. The topological polar surface area (TPSA) is 237 Å². The predicted molar refractivity (Wildman–Crippen MR) is 400 cm³/mol. The van der Waals surface area contributed by atoms with Crippen LogP contribution in [0.5, 0.6) is 0 Å². The number of hydrogen-bond donors (Lipinski definition) is 3. The Balaban J connectivity index is 5.20. The summed E-state index contributed by atoms with van der Waals surface area (Å²) in [5.41, 5.74) is 0. The van der Waals surface area contributed by atoms with Gasteiger partial charge in [0.25, 0.3) is 0 Å². The number of aliphatic hydroxyl groups is 1. The van der Waals surface area contributed by atoms with Crippen LogP contribution in [0, 0.1) is 11.8 Å². The first-order valence-electron chi connectivity index (χ1n) is 41.1. The molecule has 0 amide bonds. The van der Waals surface area contributed by atoms with Crippen LogP contribution in [-0.2, 0) is 65.4 Å². The number of aliphatic hydroxyl groups excluding tert-OH is 1. The minimum atomic E-state index is -4.96. The lowest BCUT2D eigenvalue weighted by molar-refractivity contribution is -0.161. The third-order valence-corrected chi connectivity index (χ3v) is 21.1. The maximum Gasteiger partial charge on any atom is 0.472 e. The molecule has 0 aliphatic heterocycles. The van der Waals surface area contributed by atoms with E-state index in [0.29, 0.717) is 25.7 Å². The molecule has 0 radical (unpaired) electrons. The molecule has 0 aliphatic rings. The molecule has 19 heteroatoms. The monoisotopic (exact) mass is 1440 g/mol. The third-order valence-electron chi connectivity index (χ3n) is 19.2. The fourth-order valence-electron chi connectivity index (χ4n) is 12.1. The van der Waals surface area contributed by atoms with Crippen LogP contribution in [0.15, 0.2) is 0 Å². The highest BCUT2D eigenvalue weighted by atomic mass is 31.2. The van der Waals surface area contributed by atoms with E-state index in [9.17, 15) is 43.2 Å². The summed E-state index contributed by atoms with van der Waals surface area (Å²) in [4.78, 5) is 72.8. The van der Waals surface area contributed by atoms with Crippen LogP contribution < -0.4 is 0 Å². The molecule has 0 aliphatic carbocycles. The molecular formula is C79H154O17P2. The van der Waals surface area contributed by atoms with Gasteiger partial charge in [-0.25, -0.2) is 9.13 Å². The fourth-order valence-corrected chi connectivity index (χ4v) is 13.7. The Morgan fingerprint density at radius 2 is 0.490 bits per heavy atom. The zero-order valence-electron chi connectivity index (χ0n) is 64.1. The van der Waals surface area contributed by atoms with E-state index in [1.807, 2.05) is 0 Å². The Morgan fingerprint density at radius 1 is 0.286 bits per heavy atom. The van der Waals surface area contributed by atoms with Crippen molar-refractivity contribution in [1.29, 1.82) is 0 Å². The highest BCUT2D eigenvalue weighted by Crippen LogP contribution is 2.45. The molecule has 0 saturated heterocycles. The summed E-state index contributed by atoms with van der Waals surface area (Å²) in [6, 6.07) is 0. The Labute approximate surface area is 600 Å². The molecule has 3 N–H and O–H groups in total. The minimum absolute atomic E-state index is 0.105. The molecule has 0 aromatic heterocycles. The van der Waals surface area contributed by atoms with E-state index in [1.54, 1.807) is 0 Å². The molecule has 0 rings (SSSR count). The van der Waals surface area contributed by atoms with E-state index >= 15 is 0 Å². The highest BCUT2D eigenvalue weighted by Gasteiger charge is 2.30. The highest BCUT2D eigenvalue weighted by molar-refractivity contribution is 7.47. The first-order valence-corrected chi connectivity index (χ1v) is 44.1. The van der Waals surface area contributed by atoms with Gasteiger partial charge in [-0.2, -0.15) is 0 Å². The molecular weight excluding hydrogens is 1280 g/mol. The van der Waals surface area contributed by atoms with Gasteiger partial charge in [-0.15, -0.1) is 0 Å². The van der Waals surface area contributed by atoms with Crippen LogP contribution in [0.3, 0.4) is 0 Å². The Kier molecular flexibility index (Phi) is 69.3. The third kappa shape index (κ3) is 69.8. The van der Waals surface area contributed by atoms with E-state index in [-0.39, 0.29) is 25.7 Å². The lowest BCUT2D eigenvalue weighted by Crippen LogP contribution is -2.30. The maximum absolute atomic E-state index is 13.1. The van der Waals surface area contributed by atoms with Crippen molar-refractivity contribution in [2.24, 2.45) is 11.8 Å². The minimum Gasteiger partial charge on any atom is -0.462 e. The first kappa shape index (κ1) is 96.1. The largest absolute Gasteiger partial charge is 0.472 e. The number of rotatable bonds is 78. The molecule has 0 aromatic carbocycles. The quantitative estimate of drug-likeness (QED) is 0.0222. The summed E-state index contributed by atoms with van der Waals surface area (Å²) in [7, 11) is -9.91. The number of hydrogen-bond acceptors (Lipinski definition) is 15. The molecule has 0 heterocycles. The van der Waals surface area contributed by atoms with Crippen molar-refractivity contribution in [3.63, 3.8) is 0 Å². The van der Waals surface area contributed by atoms with Gasteiger partial charge in [-0.3, -0.25) is 37.3 Å². The molecule has 0 spiro atoms. The summed E-state index contributed by atoms with van der Waals surface area (Å²) in [6.07, 6.45) is 59.7. The van der Waals surface area contributed by atoms with E-state index in [2.05, 4.69) is 41.5 Å². The molecule has 0 aromatic rings. The van der Waals surface area contributed by atoms with Gasteiger partial charge >= 0.3 is 39.5 Å². The zero-order valence-corrected chi connectivity index (χ0v) is 65.9. The Bertz CT molecular complexity index is 1890. The number of unbranched alkanes of at least 4 members (excludes halogenated alkanes) is 46. The standard InChI is InChI=1S/C79H154O17P2/c1-7-11-13-15-17-19-20-21-22-23-24-25-26-27-32-35-38-45-51-57-63-78(83)95-75(68-90-77(82)62-56-50-44-37-34-31-29-28-30-33-36-41-47-53-59-71(5)9-3)70-94-98(87,88)92-66-73(80)65-91-97(85,86)93-69-74(67-89-76(81)61-55-49-43-18-16-14-12-8-2)96-79(84)64-58-52-46-40-39-42-48-54-60-72(6)10-4/h71-75,80H,7-70H2,1-6H3,(H,85,86)(H,87,88)/t71?,72?,73-,74+,75+/m0/s1. The van der Waals surface area contributed by atoms with Gasteiger partial charge in [0, 0.05) is 25.7 Å². The van der Waals surface area contributed by atoms with E-state index in [0.717, 1.165) is 108 Å². The number of carbonyl (C=O) groups excluding carboxylic acids is 4. The lowest BCUT2D eigenvalue weighted by atomic mass is 9.99. The van der Waals surface area contributed by atoms with E-state index < -0.39 is 97.5 Å². The SMILES string of the molecule is CCCCCCCCCCCCCCCCCCCCCCC(=O)O[C@H](COC(=O)CCCCCCCCCCCCCCCCC(C)CC)COP(=O)(O)OC[C@@H](O)COP(=O)(O)OC[C@@H](COC(=O)CCCCCCCCCC)OC(=O)CCCCCCCCCCC(C)CC. The number of carbonyl (C=O) groups is 4. The Morgan fingerprint density at radius 3 is 0.724 bits per heavy atom. The van der Waals surface area contributed by atoms with Crippen LogP contribution in [0.2, 0.25) is 0 Å². The summed E-state index contributed by atoms with van der Waals surface area (Å²) >= 11 is 0. The number of phosphoric ester groups is 2. The van der Waals surface area contributed by atoms with Gasteiger partial charge in [0.1, 0.15) is 19.3 Å². The predicted octanol–water partition coefficient (Wildman–Crippen LogP) is 23.5. The van der Waals surface area contributed by atoms with Crippen LogP contribution in [-0.4, -0.2) is 96.7 Å². The van der Waals surface area contributed by atoms with Crippen LogP contribution in [0.25, 0.3) is 0 Å². The van der Waals surface area contributed by atoms with Crippen molar-refractivity contribution in [2.75, 3.05) is 39.6 Å². The van der Waals surface area contributed by atoms with Gasteiger partial charge in [-0.05, 0) is 37.5 Å². The molecule has 0 bridgehead atoms. The van der Waals surface area contributed by atoms with E-state index in [4.69, 9.17) is 37.0 Å². The second-order valence-corrected chi connectivity index (χ2v) is 31.8. The molecule has 17 nitrogen and oxygen atoms in total. The summed E-state index contributed by atoms with van der Waals surface area (Å²) in [5.74, 6) is -0.496. The van der Waals surface area contributed by atoms with Crippen molar-refractivity contribution in [1.82, 2.24) is 0 Å².